The Kier molecular flexibility index (Phi) is 4.81. The molecule has 0 radical (unpaired) electrons. The van der Waals surface area contributed by atoms with Crippen molar-refractivity contribution in [3.63, 3.8) is 0 Å². The molecule has 0 unspecified atom stereocenters. The zero-order chi connectivity index (χ0) is 14.7. The van der Waals surface area contributed by atoms with E-state index in [0.717, 1.165) is 6.04 Å². The molecule has 2 saturated heterocycles. The SMILES string of the molecule is CN1CCCC[C@@H]1CN1CCC(c2cccc(O)c2)CC1. The number of piperidine rings is 2. The van der Waals surface area contributed by atoms with Crippen LogP contribution in [0, 0.1) is 0 Å². The lowest BCUT2D eigenvalue weighted by Crippen LogP contribution is -2.46. The molecule has 1 aromatic rings. The maximum Gasteiger partial charge on any atom is 0.115 e. The first kappa shape index (κ1) is 14.9. The van der Waals surface area contributed by atoms with Crippen molar-refractivity contribution in [3.05, 3.63) is 29.8 Å². The summed E-state index contributed by atoms with van der Waals surface area (Å²) in [6.07, 6.45) is 6.57. The Morgan fingerprint density at radius 3 is 2.62 bits per heavy atom. The Labute approximate surface area is 128 Å². The van der Waals surface area contributed by atoms with Gasteiger partial charge in [0.05, 0.1) is 0 Å². The van der Waals surface area contributed by atoms with E-state index in [1.807, 2.05) is 12.1 Å². The van der Waals surface area contributed by atoms with Crippen molar-refractivity contribution in [2.45, 2.75) is 44.1 Å². The van der Waals surface area contributed by atoms with Gasteiger partial charge in [0, 0.05) is 12.6 Å². The number of aromatic hydroxyl groups is 1. The zero-order valence-electron chi connectivity index (χ0n) is 13.2. The van der Waals surface area contributed by atoms with Crippen molar-refractivity contribution in [2.24, 2.45) is 0 Å². The molecular formula is C18H28N2O. The molecule has 0 amide bonds. The molecule has 3 nitrogen and oxygen atoms in total. The first-order valence-corrected chi connectivity index (χ1v) is 8.44. The fourth-order valence-corrected chi connectivity index (χ4v) is 3.90. The van der Waals surface area contributed by atoms with Crippen LogP contribution in [0.2, 0.25) is 0 Å². The zero-order valence-corrected chi connectivity index (χ0v) is 13.2. The lowest BCUT2D eigenvalue weighted by Gasteiger charge is -2.39. The number of nitrogens with zero attached hydrogens (tertiary/aromatic N) is 2. The molecule has 2 aliphatic rings. The highest BCUT2D eigenvalue weighted by Crippen LogP contribution is 2.30. The quantitative estimate of drug-likeness (QED) is 0.926. The van der Waals surface area contributed by atoms with Gasteiger partial charge in [-0.05, 0) is 76.0 Å². The van der Waals surface area contributed by atoms with Gasteiger partial charge in [0.15, 0.2) is 0 Å². The molecule has 2 heterocycles. The second-order valence-electron chi connectivity index (χ2n) is 6.80. The summed E-state index contributed by atoms with van der Waals surface area (Å²) in [6, 6.07) is 8.59. The van der Waals surface area contributed by atoms with Crippen LogP contribution in [0.25, 0.3) is 0 Å². The molecule has 3 rings (SSSR count). The third-order valence-corrected chi connectivity index (χ3v) is 5.32. The van der Waals surface area contributed by atoms with Crippen LogP contribution in [-0.4, -0.2) is 54.2 Å². The lowest BCUT2D eigenvalue weighted by atomic mass is 9.89. The average molecular weight is 288 g/mol. The van der Waals surface area contributed by atoms with Crippen LogP contribution in [0.15, 0.2) is 24.3 Å². The van der Waals surface area contributed by atoms with Gasteiger partial charge in [-0.1, -0.05) is 18.6 Å². The Bertz CT molecular complexity index is 454. The molecule has 116 valence electrons. The molecule has 1 atom stereocenters. The van der Waals surface area contributed by atoms with Gasteiger partial charge in [-0.2, -0.15) is 0 Å². The topological polar surface area (TPSA) is 26.7 Å². The van der Waals surface area contributed by atoms with E-state index in [2.05, 4.69) is 22.9 Å². The van der Waals surface area contributed by atoms with Crippen LogP contribution >= 0.6 is 0 Å². The molecule has 1 aromatic carbocycles. The minimum Gasteiger partial charge on any atom is -0.508 e. The van der Waals surface area contributed by atoms with Crippen molar-refractivity contribution < 1.29 is 5.11 Å². The van der Waals surface area contributed by atoms with Crippen molar-refractivity contribution >= 4 is 0 Å². The maximum atomic E-state index is 9.63. The Morgan fingerprint density at radius 1 is 1.10 bits per heavy atom. The number of hydrogen-bond donors (Lipinski definition) is 1. The molecule has 1 N–H and O–H groups in total. The molecule has 2 aliphatic heterocycles. The van der Waals surface area contributed by atoms with Crippen LogP contribution in [0.3, 0.4) is 0 Å². The number of rotatable bonds is 3. The van der Waals surface area contributed by atoms with Gasteiger partial charge in [-0.25, -0.2) is 0 Å². The van der Waals surface area contributed by atoms with Crippen LogP contribution in [0.1, 0.15) is 43.6 Å². The summed E-state index contributed by atoms with van der Waals surface area (Å²) < 4.78 is 0. The van der Waals surface area contributed by atoms with Gasteiger partial charge >= 0.3 is 0 Å². The molecule has 0 aliphatic carbocycles. The van der Waals surface area contributed by atoms with Gasteiger partial charge in [0.25, 0.3) is 0 Å². The van der Waals surface area contributed by atoms with E-state index in [0.29, 0.717) is 11.7 Å². The monoisotopic (exact) mass is 288 g/mol. The summed E-state index contributed by atoms with van der Waals surface area (Å²) in [5.74, 6) is 1.02. The number of likely N-dealkylation sites (tertiary alicyclic amines) is 2. The van der Waals surface area contributed by atoms with Crippen molar-refractivity contribution in [3.8, 4) is 5.75 Å². The highest BCUT2D eigenvalue weighted by atomic mass is 16.3. The first-order valence-electron chi connectivity index (χ1n) is 8.44. The van der Waals surface area contributed by atoms with Crippen LogP contribution in [0.4, 0.5) is 0 Å². The number of phenolic OH excluding ortho intramolecular Hbond substituents is 1. The highest BCUT2D eigenvalue weighted by molar-refractivity contribution is 5.30. The third-order valence-electron chi connectivity index (χ3n) is 5.32. The van der Waals surface area contributed by atoms with Gasteiger partial charge in [0.1, 0.15) is 5.75 Å². The van der Waals surface area contributed by atoms with E-state index in [-0.39, 0.29) is 0 Å². The predicted molar refractivity (Wildman–Crippen MR) is 86.8 cm³/mol. The normalized spacial score (nSPS) is 26.0. The van der Waals surface area contributed by atoms with Gasteiger partial charge < -0.3 is 14.9 Å². The fraction of sp³-hybridized carbons (Fsp3) is 0.667. The van der Waals surface area contributed by atoms with Crippen molar-refractivity contribution in [1.82, 2.24) is 9.80 Å². The lowest BCUT2D eigenvalue weighted by molar-refractivity contribution is 0.112. The van der Waals surface area contributed by atoms with E-state index >= 15 is 0 Å². The highest BCUT2D eigenvalue weighted by Gasteiger charge is 2.25. The summed E-state index contributed by atoms with van der Waals surface area (Å²) in [5, 5.41) is 9.63. The summed E-state index contributed by atoms with van der Waals surface area (Å²) in [4.78, 5) is 5.19. The van der Waals surface area contributed by atoms with E-state index in [1.54, 1.807) is 6.07 Å². The fourth-order valence-electron chi connectivity index (χ4n) is 3.90. The number of phenols is 1. The predicted octanol–water partition coefficient (Wildman–Crippen LogP) is 3.06. The van der Waals surface area contributed by atoms with Gasteiger partial charge in [-0.15, -0.1) is 0 Å². The molecule has 3 heteroatoms. The number of benzene rings is 1. The van der Waals surface area contributed by atoms with Crippen molar-refractivity contribution in [1.29, 1.82) is 0 Å². The smallest absolute Gasteiger partial charge is 0.115 e. The molecule has 0 spiro atoms. The molecule has 0 aromatic heterocycles. The summed E-state index contributed by atoms with van der Waals surface area (Å²) in [7, 11) is 2.28. The Balaban J connectivity index is 1.51. The van der Waals surface area contributed by atoms with Crippen LogP contribution in [0.5, 0.6) is 5.75 Å². The molecule has 0 saturated carbocycles. The van der Waals surface area contributed by atoms with Crippen LogP contribution < -0.4 is 0 Å². The van der Waals surface area contributed by atoms with E-state index in [4.69, 9.17) is 0 Å². The van der Waals surface area contributed by atoms with Crippen LogP contribution in [-0.2, 0) is 0 Å². The standard InChI is InChI=1S/C18H28N2O/c1-19-10-3-2-6-17(19)14-20-11-8-15(9-12-20)16-5-4-7-18(21)13-16/h4-5,7,13,15,17,21H,2-3,6,8-12,14H2,1H3/t17-/m1/s1. The minimum absolute atomic E-state index is 0.402. The Hall–Kier alpha value is -1.06. The average Bonchev–Trinajstić information content (AvgIpc) is 2.50. The summed E-state index contributed by atoms with van der Waals surface area (Å²) >= 11 is 0. The number of likely N-dealkylation sites (N-methyl/N-ethyl adjacent to an activating group) is 1. The third kappa shape index (κ3) is 3.78. The summed E-state index contributed by atoms with van der Waals surface area (Å²) in [6.45, 7) is 4.91. The van der Waals surface area contributed by atoms with E-state index in [9.17, 15) is 5.11 Å². The number of hydrogen-bond acceptors (Lipinski definition) is 3. The molecule has 21 heavy (non-hydrogen) atoms. The second-order valence-corrected chi connectivity index (χ2v) is 6.80. The van der Waals surface area contributed by atoms with Crippen molar-refractivity contribution in [2.75, 3.05) is 33.2 Å². The summed E-state index contributed by atoms with van der Waals surface area (Å²) in [5.41, 5.74) is 1.31. The second kappa shape index (κ2) is 6.80. The largest absolute Gasteiger partial charge is 0.508 e. The molecular weight excluding hydrogens is 260 g/mol. The van der Waals surface area contributed by atoms with E-state index in [1.165, 1.54) is 63.8 Å². The Morgan fingerprint density at radius 2 is 1.90 bits per heavy atom. The van der Waals surface area contributed by atoms with Gasteiger partial charge in [0.2, 0.25) is 0 Å². The molecule has 0 bridgehead atoms. The maximum absolute atomic E-state index is 9.63. The minimum atomic E-state index is 0.402. The molecule has 2 fully saturated rings. The van der Waals surface area contributed by atoms with Gasteiger partial charge in [-0.3, -0.25) is 0 Å². The first-order chi connectivity index (χ1) is 10.2. The van der Waals surface area contributed by atoms with E-state index < -0.39 is 0 Å².